The summed E-state index contributed by atoms with van der Waals surface area (Å²) in [6, 6.07) is 8.48. The second-order valence-corrected chi connectivity index (χ2v) is 5.17. The summed E-state index contributed by atoms with van der Waals surface area (Å²) in [4.78, 5) is 4.40. The highest BCUT2D eigenvalue weighted by molar-refractivity contribution is 5.79. The molecule has 2 rings (SSSR count). The van der Waals surface area contributed by atoms with Crippen molar-refractivity contribution in [3.63, 3.8) is 0 Å². The molecule has 136 valence electrons. The van der Waals surface area contributed by atoms with Gasteiger partial charge in [-0.05, 0) is 19.4 Å². The van der Waals surface area contributed by atoms with Crippen LogP contribution in [-0.2, 0) is 19.5 Å². The monoisotopic (exact) mass is 352 g/mol. The topological polar surface area (TPSA) is 71.7 Å². The zero-order valence-corrected chi connectivity index (χ0v) is 14.3. The summed E-state index contributed by atoms with van der Waals surface area (Å²) >= 11 is 0. The number of nitrogens with zero attached hydrogens (tertiary/aromatic N) is 2. The molecule has 0 amide bonds. The van der Waals surface area contributed by atoms with Crippen LogP contribution in [0.25, 0.3) is 0 Å². The number of aromatic nitrogens is 1. The van der Waals surface area contributed by atoms with E-state index >= 15 is 0 Å². The molecule has 0 saturated carbocycles. The standard InChI is InChI=1S/C17H22F2N4O2/c1-3-13-9-14(25-23-13)11-22-17(20-4-2)21-10-12-7-5-6-8-15(12)24-16(18)19/h5-9,16H,3-4,10-11H2,1-2H3,(H2,20,21,22). The number of rotatable bonds is 8. The smallest absolute Gasteiger partial charge is 0.387 e. The number of alkyl halides is 2. The van der Waals surface area contributed by atoms with Crippen molar-refractivity contribution in [2.75, 3.05) is 6.54 Å². The number of ether oxygens (including phenoxy) is 1. The van der Waals surface area contributed by atoms with Crippen LogP contribution >= 0.6 is 0 Å². The Morgan fingerprint density at radius 1 is 1.28 bits per heavy atom. The van der Waals surface area contributed by atoms with E-state index < -0.39 is 6.61 Å². The first kappa shape index (κ1) is 18.7. The molecule has 25 heavy (non-hydrogen) atoms. The molecule has 0 aliphatic heterocycles. The molecule has 1 aromatic heterocycles. The van der Waals surface area contributed by atoms with Crippen LogP contribution in [0.15, 0.2) is 39.8 Å². The summed E-state index contributed by atoms with van der Waals surface area (Å²) in [5.41, 5.74) is 1.46. The van der Waals surface area contributed by atoms with Gasteiger partial charge in [0.15, 0.2) is 11.7 Å². The summed E-state index contributed by atoms with van der Waals surface area (Å²) in [5.74, 6) is 1.37. The lowest BCUT2D eigenvalue weighted by Crippen LogP contribution is -2.36. The maximum atomic E-state index is 12.5. The zero-order chi connectivity index (χ0) is 18.1. The molecular formula is C17H22F2N4O2. The lowest BCUT2D eigenvalue weighted by atomic mass is 10.2. The van der Waals surface area contributed by atoms with Gasteiger partial charge in [-0.2, -0.15) is 8.78 Å². The maximum Gasteiger partial charge on any atom is 0.387 e. The Morgan fingerprint density at radius 2 is 2.08 bits per heavy atom. The number of aryl methyl sites for hydroxylation is 1. The number of nitrogens with one attached hydrogen (secondary N) is 2. The van der Waals surface area contributed by atoms with Crippen LogP contribution < -0.4 is 15.4 Å². The predicted molar refractivity (Wildman–Crippen MR) is 90.6 cm³/mol. The van der Waals surface area contributed by atoms with E-state index in [1.54, 1.807) is 18.2 Å². The summed E-state index contributed by atoms with van der Waals surface area (Å²) in [6.07, 6.45) is 0.804. The van der Waals surface area contributed by atoms with E-state index in [4.69, 9.17) is 4.52 Å². The first-order valence-corrected chi connectivity index (χ1v) is 8.11. The van der Waals surface area contributed by atoms with Crippen molar-refractivity contribution in [3.8, 4) is 5.75 Å². The molecule has 8 heteroatoms. The average molecular weight is 352 g/mol. The third-order valence-corrected chi connectivity index (χ3v) is 3.34. The van der Waals surface area contributed by atoms with Crippen LogP contribution in [-0.4, -0.2) is 24.3 Å². The molecule has 0 aliphatic rings. The number of halogens is 2. The van der Waals surface area contributed by atoms with Gasteiger partial charge >= 0.3 is 6.61 Å². The summed E-state index contributed by atoms with van der Waals surface area (Å²) < 4.78 is 34.6. The molecule has 0 aliphatic carbocycles. The molecule has 1 aromatic carbocycles. The van der Waals surface area contributed by atoms with E-state index in [1.807, 2.05) is 19.9 Å². The van der Waals surface area contributed by atoms with Gasteiger partial charge in [-0.1, -0.05) is 30.3 Å². The fraction of sp³-hybridized carbons (Fsp3) is 0.412. The van der Waals surface area contributed by atoms with Crippen molar-refractivity contribution in [3.05, 3.63) is 47.3 Å². The fourth-order valence-electron chi connectivity index (χ4n) is 2.13. The Balaban J connectivity index is 2.01. The van der Waals surface area contributed by atoms with Crippen molar-refractivity contribution in [2.24, 2.45) is 4.99 Å². The number of hydrogen-bond donors (Lipinski definition) is 2. The second-order valence-electron chi connectivity index (χ2n) is 5.17. The van der Waals surface area contributed by atoms with Crippen molar-refractivity contribution in [2.45, 2.75) is 40.0 Å². The van der Waals surface area contributed by atoms with Gasteiger partial charge in [0.05, 0.1) is 18.8 Å². The van der Waals surface area contributed by atoms with E-state index in [0.29, 0.717) is 30.4 Å². The fourth-order valence-corrected chi connectivity index (χ4v) is 2.13. The highest BCUT2D eigenvalue weighted by Crippen LogP contribution is 2.20. The Hall–Kier alpha value is -2.64. The number of benzene rings is 1. The molecule has 6 nitrogen and oxygen atoms in total. The van der Waals surface area contributed by atoms with Gasteiger partial charge in [0.1, 0.15) is 5.75 Å². The third-order valence-electron chi connectivity index (χ3n) is 3.34. The lowest BCUT2D eigenvalue weighted by Gasteiger charge is -2.12. The van der Waals surface area contributed by atoms with Crippen molar-refractivity contribution in [1.29, 1.82) is 0 Å². The minimum absolute atomic E-state index is 0.125. The first-order chi connectivity index (χ1) is 12.1. The minimum Gasteiger partial charge on any atom is -0.434 e. The first-order valence-electron chi connectivity index (χ1n) is 8.11. The normalized spacial score (nSPS) is 11.6. The van der Waals surface area contributed by atoms with Crippen LogP contribution in [0.5, 0.6) is 5.75 Å². The van der Waals surface area contributed by atoms with Crippen LogP contribution in [0.3, 0.4) is 0 Å². The van der Waals surface area contributed by atoms with Crippen molar-refractivity contribution >= 4 is 5.96 Å². The molecule has 0 spiro atoms. The van der Waals surface area contributed by atoms with E-state index in [2.05, 4.69) is 25.5 Å². The molecule has 0 atom stereocenters. The molecule has 0 bridgehead atoms. The highest BCUT2D eigenvalue weighted by Gasteiger charge is 2.09. The Bertz CT molecular complexity index is 689. The Kier molecular flexibility index (Phi) is 7.18. The van der Waals surface area contributed by atoms with Gasteiger partial charge in [-0.15, -0.1) is 0 Å². The number of aliphatic imine (C=N–C) groups is 1. The minimum atomic E-state index is -2.87. The van der Waals surface area contributed by atoms with Crippen LogP contribution in [0.1, 0.15) is 30.9 Å². The largest absolute Gasteiger partial charge is 0.434 e. The second kappa shape index (κ2) is 9.61. The van der Waals surface area contributed by atoms with Gasteiger partial charge in [0.25, 0.3) is 0 Å². The van der Waals surface area contributed by atoms with Gasteiger partial charge in [0, 0.05) is 18.2 Å². The van der Waals surface area contributed by atoms with Gasteiger partial charge in [0.2, 0.25) is 0 Å². The van der Waals surface area contributed by atoms with Crippen LogP contribution in [0.2, 0.25) is 0 Å². The molecule has 1 heterocycles. The van der Waals surface area contributed by atoms with Gasteiger partial charge in [-0.3, -0.25) is 0 Å². The van der Waals surface area contributed by atoms with E-state index in [-0.39, 0.29) is 12.3 Å². The number of hydrogen-bond acceptors (Lipinski definition) is 4. The zero-order valence-electron chi connectivity index (χ0n) is 14.3. The average Bonchev–Trinajstić information content (AvgIpc) is 3.06. The van der Waals surface area contributed by atoms with Gasteiger partial charge in [-0.25, -0.2) is 4.99 Å². The summed E-state index contributed by atoms with van der Waals surface area (Å²) in [6.45, 7) is 2.37. The predicted octanol–water partition coefficient (Wildman–Crippen LogP) is 3.09. The van der Waals surface area contributed by atoms with E-state index in [9.17, 15) is 8.78 Å². The summed E-state index contributed by atoms with van der Waals surface area (Å²) in [5, 5.41) is 10.1. The molecule has 0 unspecified atom stereocenters. The molecule has 0 radical (unpaired) electrons. The van der Waals surface area contributed by atoms with Crippen molar-refractivity contribution < 1.29 is 18.0 Å². The summed E-state index contributed by atoms with van der Waals surface area (Å²) in [7, 11) is 0. The van der Waals surface area contributed by atoms with Crippen molar-refractivity contribution in [1.82, 2.24) is 15.8 Å². The van der Waals surface area contributed by atoms with E-state index in [1.165, 1.54) is 6.07 Å². The molecule has 0 saturated heterocycles. The lowest BCUT2D eigenvalue weighted by molar-refractivity contribution is -0.0504. The molecule has 2 aromatic rings. The molecule has 0 fully saturated rings. The number of guanidine groups is 1. The third kappa shape index (κ3) is 6.06. The quantitative estimate of drug-likeness (QED) is 0.564. The maximum absolute atomic E-state index is 12.5. The molecular weight excluding hydrogens is 330 g/mol. The van der Waals surface area contributed by atoms with Crippen LogP contribution in [0.4, 0.5) is 8.78 Å². The highest BCUT2D eigenvalue weighted by atomic mass is 19.3. The number of para-hydroxylation sites is 1. The SMILES string of the molecule is CCNC(=NCc1ccccc1OC(F)F)NCc1cc(CC)no1. The van der Waals surface area contributed by atoms with Gasteiger partial charge < -0.3 is 19.9 Å². The van der Waals surface area contributed by atoms with E-state index in [0.717, 1.165) is 12.1 Å². The van der Waals surface area contributed by atoms with Crippen LogP contribution in [0, 0.1) is 0 Å². The molecule has 2 N–H and O–H groups in total. The Labute approximate surface area is 145 Å². The Morgan fingerprint density at radius 3 is 2.76 bits per heavy atom.